The molecule has 24 heavy (non-hydrogen) atoms. The molecule has 0 bridgehead atoms. The molecule has 0 radical (unpaired) electrons. The predicted molar refractivity (Wildman–Crippen MR) is 83.9 cm³/mol. The van der Waals surface area contributed by atoms with Gasteiger partial charge in [-0.05, 0) is 30.2 Å². The summed E-state index contributed by atoms with van der Waals surface area (Å²) in [5.74, 6) is -1.38. The number of rotatable bonds is 4. The molecule has 0 N–H and O–H groups in total. The molecule has 0 amide bonds. The smallest absolute Gasteiger partial charge is 0.338 e. The van der Waals surface area contributed by atoms with Crippen LogP contribution in [0.15, 0.2) is 30.3 Å². The number of benzene rings is 2. The summed E-state index contributed by atoms with van der Waals surface area (Å²) in [7, 11) is 1.13. The van der Waals surface area contributed by atoms with Crippen molar-refractivity contribution in [3.63, 3.8) is 0 Å². The number of nitrogens with zero attached hydrogens (tertiary/aromatic N) is 2. The van der Waals surface area contributed by atoms with Crippen LogP contribution >= 0.6 is 0 Å². The lowest BCUT2D eigenvalue weighted by Crippen LogP contribution is -2.09. The third kappa shape index (κ3) is 3.08. The van der Waals surface area contributed by atoms with Crippen LogP contribution in [0.3, 0.4) is 0 Å². The summed E-state index contributed by atoms with van der Waals surface area (Å²) < 4.78 is 18.8. The number of hydrogen-bond donors (Lipinski definition) is 0. The molecule has 7 heteroatoms. The number of halogens is 1. The molecule has 2 aromatic rings. The summed E-state index contributed by atoms with van der Waals surface area (Å²) >= 11 is 0. The summed E-state index contributed by atoms with van der Waals surface area (Å²) in [6.45, 7) is 1.66. The zero-order valence-corrected chi connectivity index (χ0v) is 13.0. The second-order valence-electron chi connectivity index (χ2n) is 5.04. The first kappa shape index (κ1) is 17.1. The molecule has 0 spiro atoms. The average Bonchev–Trinajstić information content (AvgIpc) is 2.54. The molecule has 0 aliphatic carbocycles. The van der Waals surface area contributed by atoms with Crippen molar-refractivity contribution in [3.05, 3.63) is 63.0 Å². The van der Waals surface area contributed by atoms with Gasteiger partial charge < -0.3 is 4.74 Å². The molecule has 0 saturated heterocycles. The van der Waals surface area contributed by atoms with E-state index in [-0.39, 0.29) is 28.7 Å². The summed E-state index contributed by atoms with van der Waals surface area (Å²) in [4.78, 5) is 22.7. The highest BCUT2D eigenvalue weighted by Crippen LogP contribution is 2.34. The number of esters is 1. The maximum Gasteiger partial charge on any atom is 0.338 e. The van der Waals surface area contributed by atoms with Crippen LogP contribution in [-0.4, -0.2) is 18.0 Å². The Labute approximate surface area is 137 Å². The fourth-order valence-electron chi connectivity index (χ4n) is 2.52. The van der Waals surface area contributed by atoms with Gasteiger partial charge in [-0.25, -0.2) is 9.18 Å². The van der Waals surface area contributed by atoms with Crippen molar-refractivity contribution in [1.29, 1.82) is 5.26 Å². The monoisotopic (exact) mass is 328 g/mol. The Morgan fingerprint density at radius 3 is 2.67 bits per heavy atom. The highest BCUT2D eigenvalue weighted by molar-refractivity contribution is 5.94. The summed E-state index contributed by atoms with van der Waals surface area (Å²) in [5.41, 5.74) is 0.317. The van der Waals surface area contributed by atoms with Crippen molar-refractivity contribution >= 4 is 11.7 Å². The molecular weight excluding hydrogens is 315 g/mol. The molecule has 0 atom stereocenters. The third-order valence-corrected chi connectivity index (χ3v) is 3.59. The molecule has 6 nitrogen and oxygen atoms in total. The van der Waals surface area contributed by atoms with Crippen LogP contribution in [0, 0.1) is 34.2 Å². The molecule has 0 aliphatic rings. The maximum atomic E-state index is 14.2. The fraction of sp³-hybridized carbons (Fsp3) is 0.176. The van der Waals surface area contributed by atoms with Crippen LogP contribution in [0.4, 0.5) is 10.1 Å². The van der Waals surface area contributed by atoms with Crippen LogP contribution < -0.4 is 0 Å². The van der Waals surface area contributed by atoms with Gasteiger partial charge >= 0.3 is 5.97 Å². The van der Waals surface area contributed by atoms with Crippen LogP contribution in [0.2, 0.25) is 0 Å². The zero-order valence-electron chi connectivity index (χ0n) is 13.0. The second kappa shape index (κ2) is 6.87. The van der Waals surface area contributed by atoms with Gasteiger partial charge in [-0.3, -0.25) is 10.1 Å². The van der Waals surface area contributed by atoms with Crippen LogP contribution in [0.1, 0.15) is 21.5 Å². The topological polar surface area (TPSA) is 93.2 Å². The standard InChI is InChI=1S/C17H13FN2O4/c1-10-4-3-5-14(18)16(10)11-8-13(17(21)24-2)12(6-7-19)15(9-11)20(22)23/h3-5,8-9H,6H2,1-2H3. The molecule has 0 unspecified atom stereocenters. The number of nitriles is 1. The first-order chi connectivity index (χ1) is 11.4. The van der Waals surface area contributed by atoms with Crippen molar-refractivity contribution in [2.45, 2.75) is 13.3 Å². The molecule has 0 heterocycles. The van der Waals surface area contributed by atoms with Gasteiger partial charge in [-0.15, -0.1) is 0 Å². The van der Waals surface area contributed by atoms with Gasteiger partial charge in [0, 0.05) is 11.6 Å². The number of nitro groups is 1. The molecule has 0 aliphatic heterocycles. The minimum atomic E-state index is -0.820. The quantitative estimate of drug-likeness (QED) is 0.486. The van der Waals surface area contributed by atoms with Crippen molar-refractivity contribution < 1.29 is 18.8 Å². The number of hydrogen-bond acceptors (Lipinski definition) is 5. The average molecular weight is 328 g/mol. The number of methoxy groups -OCH3 is 1. The summed E-state index contributed by atoms with van der Waals surface area (Å²) in [5, 5.41) is 20.3. The SMILES string of the molecule is COC(=O)c1cc(-c2c(C)cccc2F)cc([N+](=O)[O-])c1CC#N. The summed E-state index contributed by atoms with van der Waals surface area (Å²) in [6, 6.07) is 8.69. The lowest BCUT2D eigenvalue weighted by atomic mass is 9.93. The Kier molecular flexibility index (Phi) is 4.90. The van der Waals surface area contributed by atoms with Crippen LogP contribution in [0.25, 0.3) is 11.1 Å². The number of nitro benzene ring substituents is 1. The number of carbonyl (C=O) groups excluding carboxylic acids is 1. The zero-order chi connectivity index (χ0) is 17.9. The molecular formula is C17H13FN2O4. The predicted octanol–water partition coefficient (Wildman–Crippen LogP) is 3.56. The lowest BCUT2D eigenvalue weighted by molar-refractivity contribution is -0.385. The Bertz CT molecular complexity index is 851. The first-order valence-electron chi connectivity index (χ1n) is 6.92. The van der Waals surface area contributed by atoms with Crippen molar-refractivity contribution in [2.75, 3.05) is 7.11 Å². The van der Waals surface area contributed by atoms with E-state index in [1.165, 1.54) is 24.3 Å². The third-order valence-electron chi connectivity index (χ3n) is 3.59. The van der Waals surface area contributed by atoms with Gasteiger partial charge in [0.2, 0.25) is 0 Å². The normalized spacial score (nSPS) is 10.1. The van der Waals surface area contributed by atoms with Gasteiger partial charge in [0.25, 0.3) is 5.69 Å². The Morgan fingerprint density at radius 1 is 1.42 bits per heavy atom. The number of aryl methyl sites for hydroxylation is 1. The minimum Gasteiger partial charge on any atom is -0.465 e. The van der Waals surface area contributed by atoms with E-state index in [2.05, 4.69) is 4.74 Å². The van der Waals surface area contributed by atoms with Crippen molar-refractivity contribution in [2.24, 2.45) is 0 Å². The van der Waals surface area contributed by atoms with Crippen molar-refractivity contribution in [3.8, 4) is 17.2 Å². The van der Waals surface area contributed by atoms with Gasteiger partial charge in [0.05, 0.1) is 35.7 Å². The van der Waals surface area contributed by atoms with Crippen molar-refractivity contribution in [1.82, 2.24) is 0 Å². The molecule has 2 rings (SSSR count). The molecule has 0 fully saturated rings. The van der Waals surface area contributed by atoms with E-state index in [1.807, 2.05) is 0 Å². The summed E-state index contributed by atoms with van der Waals surface area (Å²) in [6.07, 6.45) is -0.336. The Balaban J connectivity index is 2.85. The van der Waals surface area contributed by atoms with E-state index in [9.17, 15) is 19.3 Å². The molecule has 2 aromatic carbocycles. The largest absolute Gasteiger partial charge is 0.465 e. The van der Waals surface area contributed by atoms with E-state index in [0.717, 1.165) is 7.11 Å². The molecule has 0 saturated carbocycles. The first-order valence-corrected chi connectivity index (χ1v) is 6.92. The molecule has 0 aromatic heterocycles. The van der Waals surface area contributed by atoms with E-state index < -0.39 is 22.4 Å². The van der Waals surface area contributed by atoms with Crippen LogP contribution in [0.5, 0.6) is 0 Å². The lowest BCUT2D eigenvalue weighted by Gasteiger charge is -2.12. The van der Waals surface area contributed by atoms with E-state index in [1.54, 1.807) is 19.1 Å². The highest BCUT2D eigenvalue weighted by atomic mass is 19.1. The van der Waals surface area contributed by atoms with Gasteiger partial charge in [0.15, 0.2) is 0 Å². The van der Waals surface area contributed by atoms with E-state index >= 15 is 0 Å². The maximum absolute atomic E-state index is 14.2. The minimum absolute atomic E-state index is 0.0490. The van der Waals surface area contributed by atoms with E-state index in [4.69, 9.17) is 5.26 Å². The van der Waals surface area contributed by atoms with Gasteiger partial charge in [-0.2, -0.15) is 5.26 Å². The van der Waals surface area contributed by atoms with E-state index in [0.29, 0.717) is 5.56 Å². The Hall–Kier alpha value is -3.27. The fourth-order valence-corrected chi connectivity index (χ4v) is 2.52. The number of ether oxygens (including phenoxy) is 1. The van der Waals surface area contributed by atoms with Crippen LogP contribution in [-0.2, 0) is 11.2 Å². The Morgan fingerprint density at radius 2 is 2.12 bits per heavy atom. The van der Waals surface area contributed by atoms with Gasteiger partial charge in [-0.1, -0.05) is 12.1 Å². The second-order valence-corrected chi connectivity index (χ2v) is 5.04. The number of carbonyl (C=O) groups is 1. The highest BCUT2D eigenvalue weighted by Gasteiger charge is 2.25. The van der Waals surface area contributed by atoms with Gasteiger partial charge in [0.1, 0.15) is 5.82 Å². The molecule has 122 valence electrons.